The molecule has 3 aromatic rings. The first kappa shape index (κ1) is 18.6. The van der Waals surface area contributed by atoms with Gasteiger partial charge in [-0.15, -0.1) is 0 Å². The first-order chi connectivity index (χ1) is 14.2. The molecule has 29 heavy (non-hydrogen) atoms. The number of aromatic hydroxyl groups is 1. The van der Waals surface area contributed by atoms with Gasteiger partial charge in [-0.05, 0) is 62.8 Å². The number of hydrogen-bond donors (Lipinski definition) is 1. The van der Waals surface area contributed by atoms with Gasteiger partial charge in [0.2, 0.25) is 11.2 Å². The molecule has 5 rings (SSSR count). The SMILES string of the molecule is CCN1/C(=C/c2ccc3ccccc3[n+]2CC)Sc2c1cc(O)c1c2CCCC1. The highest BCUT2D eigenvalue weighted by Crippen LogP contribution is 2.52. The van der Waals surface area contributed by atoms with Crippen molar-refractivity contribution in [3.05, 3.63) is 64.3 Å². The molecule has 1 N–H and O–H groups in total. The summed E-state index contributed by atoms with van der Waals surface area (Å²) in [5.74, 6) is 0.480. The lowest BCUT2D eigenvalue weighted by Crippen LogP contribution is -2.36. The number of nitrogens with zero attached hydrogens (tertiary/aromatic N) is 2. The van der Waals surface area contributed by atoms with Gasteiger partial charge in [0.05, 0.1) is 10.7 Å². The fourth-order valence-corrected chi connectivity index (χ4v) is 6.13. The highest BCUT2D eigenvalue weighted by molar-refractivity contribution is 8.04. The summed E-state index contributed by atoms with van der Waals surface area (Å²) in [4.78, 5) is 3.71. The minimum absolute atomic E-state index is 0.480. The van der Waals surface area contributed by atoms with E-state index in [1.165, 1.54) is 56.2 Å². The standard InChI is InChI=1S/C25H26N2OS/c1-3-26-18(14-13-17-9-5-8-12-21(17)26)15-24-27(4-2)22-16-23(28)19-10-6-7-11-20(19)25(22)29-24/h5,8-9,12-16H,3-4,6-7,10-11H2,1-2H3/p+1. The molecule has 0 unspecified atom stereocenters. The normalized spacial score (nSPS) is 17.0. The zero-order chi connectivity index (χ0) is 20.0. The first-order valence-corrected chi connectivity index (χ1v) is 11.5. The van der Waals surface area contributed by atoms with Crippen LogP contribution >= 0.6 is 11.8 Å². The quantitative estimate of drug-likeness (QED) is 0.572. The molecule has 0 amide bonds. The molecule has 0 atom stereocenters. The number of aryl methyl sites for hydroxylation is 1. The Bertz CT molecular complexity index is 1140. The Morgan fingerprint density at radius 3 is 2.66 bits per heavy atom. The minimum Gasteiger partial charge on any atom is -0.508 e. The van der Waals surface area contributed by atoms with E-state index in [1.807, 2.05) is 17.8 Å². The summed E-state index contributed by atoms with van der Waals surface area (Å²) in [6.07, 6.45) is 6.79. The highest BCUT2D eigenvalue weighted by atomic mass is 32.2. The van der Waals surface area contributed by atoms with Gasteiger partial charge in [-0.3, -0.25) is 0 Å². The lowest BCUT2D eigenvalue weighted by molar-refractivity contribution is -0.669. The Hall–Kier alpha value is -2.46. The van der Waals surface area contributed by atoms with Crippen molar-refractivity contribution in [1.82, 2.24) is 0 Å². The molecule has 0 spiro atoms. The van der Waals surface area contributed by atoms with E-state index in [4.69, 9.17) is 0 Å². The van der Waals surface area contributed by atoms with E-state index >= 15 is 0 Å². The number of para-hydroxylation sites is 1. The summed E-state index contributed by atoms with van der Waals surface area (Å²) < 4.78 is 2.38. The van der Waals surface area contributed by atoms with E-state index < -0.39 is 0 Å². The van der Waals surface area contributed by atoms with Crippen LogP contribution in [-0.4, -0.2) is 11.7 Å². The lowest BCUT2D eigenvalue weighted by Gasteiger charge is -2.22. The number of hydrogen-bond acceptors (Lipinski definition) is 3. The van der Waals surface area contributed by atoms with Gasteiger partial charge in [-0.25, -0.2) is 0 Å². The molecule has 2 heterocycles. The number of anilines is 1. The Labute approximate surface area is 176 Å². The van der Waals surface area contributed by atoms with Crippen LogP contribution in [0.2, 0.25) is 0 Å². The second-order valence-corrected chi connectivity index (χ2v) is 8.83. The monoisotopic (exact) mass is 403 g/mol. The first-order valence-electron chi connectivity index (χ1n) is 10.7. The second kappa shape index (κ2) is 7.42. The number of phenols is 1. The molecule has 0 bridgehead atoms. The fraction of sp³-hybridized carbons (Fsp3) is 0.320. The molecule has 0 radical (unpaired) electrons. The third-order valence-electron chi connectivity index (χ3n) is 6.20. The number of thioether (sulfide) groups is 1. The van der Waals surface area contributed by atoms with E-state index in [0.717, 1.165) is 25.9 Å². The molecular weight excluding hydrogens is 376 g/mol. The maximum absolute atomic E-state index is 10.7. The van der Waals surface area contributed by atoms with Crippen molar-refractivity contribution in [3.63, 3.8) is 0 Å². The molecule has 0 fully saturated rings. The largest absolute Gasteiger partial charge is 0.508 e. The number of pyridine rings is 1. The van der Waals surface area contributed by atoms with Crippen LogP contribution in [0.4, 0.5) is 5.69 Å². The topological polar surface area (TPSA) is 27.4 Å². The van der Waals surface area contributed by atoms with E-state index in [9.17, 15) is 5.11 Å². The molecule has 2 aliphatic rings. The van der Waals surface area contributed by atoms with Gasteiger partial charge in [0.25, 0.3) is 0 Å². The van der Waals surface area contributed by atoms with Gasteiger partial charge in [-0.1, -0.05) is 23.9 Å². The predicted octanol–water partition coefficient (Wildman–Crippen LogP) is 5.66. The molecule has 0 saturated carbocycles. The molecule has 1 aromatic heterocycles. The van der Waals surface area contributed by atoms with Crippen LogP contribution in [0.3, 0.4) is 0 Å². The second-order valence-electron chi connectivity index (χ2n) is 7.80. The van der Waals surface area contributed by atoms with E-state index in [1.54, 1.807) is 0 Å². The van der Waals surface area contributed by atoms with Crippen molar-refractivity contribution < 1.29 is 9.67 Å². The predicted molar refractivity (Wildman–Crippen MR) is 121 cm³/mol. The van der Waals surface area contributed by atoms with E-state index in [-0.39, 0.29) is 0 Å². The minimum atomic E-state index is 0.480. The van der Waals surface area contributed by atoms with Gasteiger partial charge >= 0.3 is 0 Å². The van der Waals surface area contributed by atoms with Gasteiger partial charge in [0, 0.05) is 41.1 Å². The zero-order valence-electron chi connectivity index (χ0n) is 17.1. The van der Waals surface area contributed by atoms with Crippen LogP contribution in [-0.2, 0) is 19.4 Å². The molecule has 4 heteroatoms. The third-order valence-corrected chi connectivity index (χ3v) is 7.40. The van der Waals surface area contributed by atoms with Gasteiger partial charge in [0.1, 0.15) is 12.3 Å². The van der Waals surface area contributed by atoms with E-state index in [0.29, 0.717) is 5.75 Å². The van der Waals surface area contributed by atoms with Crippen LogP contribution in [0.5, 0.6) is 5.75 Å². The van der Waals surface area contributed by atoms with Crippen molar-refractivity contribution >= 4 is 34.4 Å². The van der Waals surface area contributed by atoms with Crippen LogP contribution in [0.15, 0.2) is 52.4 Å². The van der Waals surface area contributed by atoms with Gasteiger partial charge < -0.3 is 10.0 Å². The number of fused-ring (bicyclic) bond motifs is 4. The molecule has 1 aliphatic heterocycles. The van der Waals surface area contributed by atoms with Crippen molar-refractivity contribution in [2.75, 3.05) is 11.4 Å². The van der Waals surface area contributed by atoms with Crippen LogP contribution in [0.25, 0.3) is 17.0 Å². The molecule has 148 valence electrons. The van der Waals surface area contributed by atoms with Crippen LogP contribution < -0.4 is 9.47 Å². The van der Waals surface area contributed by atoms with Crippen LogP contribution in [0.1, 0.15) is 43.5 Å². The Morgan fingerprint density at radius 1 is 1.07 bits per heavy atom. The smallest absolute Gasteiger partial charge is 0.212 e. The van der Waals surface area contributed by atoms with Gasteiger partial charge in [0.15, 0.2) is 0 Å². The summed E-state index contributed by atoms with van der Waals surface area (Å²) >= 11 is 1.87. The van der Waals surface area contributed by atoms with Crippen molar-refractivity contribution in [2.45, 2.75) is 51.0 Å². The Balaban J connectivity index is 1.63. The maximum Gasteiger partial charge on any atom is 0.212 e. The molecule has 3 nitrogen and oxygen atoms in total. The van der Waals surface area contributed by atoms with E-state index in [2.05, 4.69) is 65.8 Å². The van der Waals surface area contributed by atoms with Crippen molar-refractivity contribution in [2.24, 2.45) is 0 Å². The average Bonchev–Trinajstić information content (AvgIpc) is 3.10. The summed E-state index contributed by atoms with van der Waals surface area (Å²) in [6, 6.07) is 15.0. The van der Waals surface area contributed by atoms with Crippen molar-refractivity contribution in [3.8, 4) is 5.75 Å². The Kier molecular flexibility index (Phi) is 4.75. The van der Waals surface area contributed by atoms with Crippen LogP contribution in [0, 0.1) is 0 Å². The highest BCUT2D eigenvalue weighted by Gasteiger charge is 2.31. The third kappa shape index (κ3) is 3.01. The van der Waals surface area contributed by atoms with Crippen molar-refractivity contribution in [1.29, 1.82) is 0 Å². The summed E-state index contributed by atoms with van der Waals surface area (Å²) in [7, 11) is 0. The number of aromatic nitrogens is 1. The van der Waals surface area contributed by atoms with Gasteiger partial charge in [-0.2, -0.15) is 4.57 Å². The number of rotatable bonds is 3. The zero-order valence-corrected chi connectivity index (χ0v) is 17.9. The molecule has 0 saturated heterocycles. The Morgan fingerprint density at radius 2 is 1.86 bits per heavy atom. The number of phenolic OH excluding ortho intramolecular Hbond substituents is 1. The molecular formula is C25H27N2OS+. The average molecular weight is 404 g/mol. The lowest BCUT2D eigenvalue weighted by atomic mass is 9.90. The summed E-state index contributed by atoms with van der Waals surface area (Å²) in [5.41, 5.74) is 6.21. The maximum atomic E-state index is 10.7. The fourth-order valence-electron chi connectivity index (χ4n) is 4.79. The summed E-state index contributed by atoms with van der Waals surface area (Å²) in [6.45, 7) is 6.22. The molecule has 1 aliphatic carbocycles. The number of benzene rings is 2. The molecule has 2 aromatic carbocycles. The summed E-state index contributed by atoms with van der Waals surface area (Å²) in [5, 5.41) is 13.2.